The van der Waals surface area contributed by atoms with Gasteiger partial charge in [0.2, 0.25) is 0 Å². The molecule has 0 aliphatic rings. The molecule has 0 aromatic carbocycles. The van der Waals surface area contributed by atoms with Gasteiger partial charge in [-0.15, -0.1) is 11.4 Å². The van der Waals surface area contributed by atoms with Crippen molar-refractivity contribution < 1.29 is 31.6 Å². The Morgan fingerprint density at radius 3 is 2.40 bits per heavy atom. The van der Waals surface area contributed by atoms with E-state index in [-0.39, 0.29) is 23.2 Å². The maximum atomic E-state index is 11.9. The molecule has 2 unspecified atom stereocenters. The number of hydrogen-bond donors (Lipinski definition) is 0. The summed E-state index contributed by atoms with van der Waals surface area (Å²) in [5.41, 5.74) is -3.33. The Morgan fingerprint density at radius 1 is 1.25 bits per heavy atom. The van der Waals surface area contributed by atoms with E-state index in [9.17, 15) is 9.79 Å². The SMILES string of the molecule is CCCCC(CC)C[S+]=P([O-])([O-])SCCC(C)OC.[Mn+2]. The third kappa shape index (κ3) is 13.1. The van der Waals surface area contributed by atoms with E-state index in [1.807, 2.05) is 6.92 Å². The number of methoxy groups -OCH3 is 1. The van der Waals surface area contributed by atoms with Gasteiger partial charge in [0.05, 0.1) is 6.10 Å². The van der Waals surface area contributed by atoms with Crippen LogP contribution >= 0.6 is 17.1 Å². The second-order valence-corrected chi connectivity index (χ2v) is 12.1. The maximum Gasteiger partial charge on any atom is 2.00 e. The van der Waals surface area contributed by atoms with Crippen molar-refractivity contribution in [3.8, 4) is 0 Å². The van der Waals surface area contributed by atoms with Gasteiger partial charge in [0.1, 0.15) is 10.9 Å². The third-order valence-corrected chi connectivity index (χ3v) is 9.65. The Bertz CT molecular complexity index is 274. The number of unbranched alkanes of at least 4 members (excludes halogenated alkanes) is 1. The Hall–Kier alpha value is 1.40. The van der Waals surface area contributed by atoms with E-state index >= 15 is 0 Å². The predicted octanol–water partition coefficient (Wildman–Crippen LogP) is 2.84. The van der Waals surface area contributed by atoms with E-state index in [1.165, 1.54) is 12.8 Å². The van der Waals surface area contributed by atoms with Crippen LogP contribution in [0.25, 0.3) is 0 Å². The number of hydrogen-bond acceptors (Lipinski definition) is 4. The second kappa shape index (κ2) is 14.0. The number of ether oxygens (including phenoxy) is 1. The van der Waals surface area contributed by atoms with Gasteiger partial charge < -0.3 is 14.5 Å². The monoisotopic (exact) mass is 382 g/mol. The molecule has 2 atom stereocenters. The summed E-state index contributed by atoms with van der Waals surface area (Å²) in [7, 11) is 2.80. The van der Waals surface area contributed by atoms with E-state index in [2.05, 4.69) is 13.8 Å². The first kappa shape index (κ1) is 23.7. The van der Waals surface area contributed by atoms with E-state index in [4.69, 9.17) is 4.74 Å². The molecule has 1 radical (unpaired) electrons. The van der Waals surface area contributed by atoms with Crippen LogP contribution in [0.4, 0.5) is 0 Å². The summed E-state index contributed by atoms with van der Waals surface area (Å²) in [6.07, 6.45) is 5.50. The molecule has 0 fully saturated rings. The summed E-state index contributed by atoms with van der Waals surface area (Å²) < 4.78 is 5.11. The van der Waals surface area contributed by atoms with Crippen molar-refractivity contribution in [3.05, 3.63) is 0 Å². The molecule has 0 saturated carbocycles. The van der Waals surface area contributed by atoms with Gasteiger partial charge in [-0.25, -0.2) is 0 Å². The van der Waals surface area contributed by atoms with E-state index in [1.54, 1.807) is 7.11 Å². The first-order valence-electron chi connectivity index (χ1n) is 7.08. The molecule has 0 spiro atoms. The van der Waals surface area contributed by atoms with Crippen LogP contribution in [0.2, 0.25) is 0 Å². The summed E-state index contributed by atoms with van der Waals surface area (Å²) in [5.74, 6) is 1.89. The van der Waals surface area contributed by atoms with Gasteiger partial charge in [0, 0.05) is 24.5 Å². The van der Waals surface area contributed by atoms with Gasteiger partial charge in [0.25, 0.3) is 0 Å². The predicted molar refractivity (Wildman–Crippen MR) is 86.0 cm³/mol. The molecule has 0 aliphatic heterocycles. The normalized spacial score (nSPS) is 14.5. The summed E-state index contributed by atoms with van der Waals surface area (Å²) in [4.78, 5) is 23.8. The Kier molecular flexibility index (Phi) is 16.6. The summed E-state index contributed by atoms with van der Waals surface area (Å²) in [5, 5.41) is 0. The van der Waals surface area contributed by atoms with Gasteiger partial charge in [-0.3, -0.25) is 0 Å². The van der Waals surface area contributed by atoms with Crippen molar-refractivity contribution in [2.24, 2.45) is 5.92 Å². The fourth-order valence-corrected chi connectivity index (χ4v) is 7.39. The van der Waals surface area contributed by atoms with Gasteiger partial charge in [-0.1, -0.05) is 26.7 Å². The van der Waals surface area contributed by atoms with Crippen LogP contribution in [0, 0.1) is 5.92 Å². The smallest absolute Gasteiger partial charge is 0.790 e. The van der Waals surface area contributed by atoms with Gasteiger partial charge in [-0.05, 0) is 26.2 Å². The zero-order valence-corrected chi connectivity index (χ0v) is 16.7. The van der Waals surface area contributed by atoms with Crippen LogP contribution < -0.4 is 9.79 Å². The van der Waals surface area contributed by atoms with E-state index in [0.29, 0.717) is 11.7 Å². The van der Waals surface area contributed by atoms with Crippen LogP contribution in [0.3, 0.4) is 0 Å². The average molecular weight is 382 g/mol. The molecule has 0 aromatic rings. The quantitative estimate of drug-likeness (QED) is 0.313. The van der Waals surface area contributed by atoms with Crippen LogP contribution in [-0.2, 0) is 32.7 Å². The standard InChI is InChI=1S/C13H28O3PS2.Mn/c1-5-7-8-13(6-2)11-19-17(14,15)18-10-9-12(3)16-4;/h12-13H,5-11H2,1-4H3;/q-1;+2. The minimum atomic E-state index is -3.33. The molecule has 0 N–H and O–H groups in total. The first-order valence-corrected chi connectivity index (χ1v) is 11.9. The zero-order chi connectivity index (χ0) is 14.7. The molecule has 3 nitrogen and oxygen atoms in total. The molecular weight excluding hydrogens is 354 g/mol. The van der Waals surface area contributed by atoms with E-state index in [0.717, 1.165) is 47.3 Å². The van der Waals surface area contributed by atoms with Crippen molar-refractivity contribution in [2.75, 3.05) is 18.6 Å². The molecule has 0 aliphatic carbocycles. The molecule has 0 rings (SSSR count). The molecule has 20 heavy (non-hydrogen) atoms. The van der Waals surface area contributed by atoms with Crippen molar-refractivity contribution in [3.63, 3.8) is 0 Å². The molecular formula is C13H28MnO3PS2+. The van der Waals surface area contributed by atoms with Crippen LogP contribution in [0.15, 0.2) is 0 Å². The Balaban J connectivity index is 0. The number of rotatable bonds is 11. The van der Waals surface area contributed by atoms with Gasteiger partial charge >= 0.3 is 17.1 Å². The van der Waals surface area contributed by atoms with Crippen LogP contribution in [0.1, 0.15) is 52.9 Å². The van der Waals surface area contributed by atoms with Crippen molar-refractivity contribution in [1.29, 1.82) is 0 Å². The first-order chi connectivity index (χ1) is 8.95. The second-order valence-electron chi connectivity index (χ2n) is 4.83. The van der Waals surface area contributed by atoms with Gasteiger partial charge in [-0.2, -0.15) is 0 Å². The van der Waals surface area contributed by atoms with Gasteiger partial charge in [0.15, 0.2) is 5.75 Å². The Morgan fingerprint density at radius 2 is 1.90 bits per heavy atom. The molecule has 0 saturated heterocycles. The average Bonchev–Trinajstić information content (AvgIpc) is 2.38. The molecule has 0 heterocycles. The molecule has 121 valence electrons. The minimum Gasteiger partial charge on any atom is -0.790 e. The molecule has 0 aromatic heterocycles. The fourth-order valence-electron chi connectivity index (χ4n) is 1.58. The van der Waals surface area contributed by atoms with Crippen LogP contribution in [-0.4, -0.2) is 24.7 Å². The third-order valence-electron chi connectivity index (χ3n) is 3.19. The summed E-state index contributed by atoms with van der Waals surface area (Å²) >= 11 is 1.08. The topological polar surface area (TPSA) is 55.3 Å². The largest absolute Gasteiger partial charge is 2.00 e. The van der Waals surface area contributed by atoms with Crippen molar-refractivity contribution in [1.82, 2.24) is 0 Å². The molecule has 7 heteroatoms. The minimum absolute atomic E-state index is 0. The van der Waals surface area contributed by atoms with Crippen LogP contribution in [0.5, 0.6) is 0 Å². The Labute approximate surface area is 143 Å². The summed E-state index contributed by atoms with van der Waals surface area (Å²) in [6, 6.07) is 0. The van der Waals surface area contributed by atoms with E-state index < -0.39 is 5.69 Å². The van der Waals surface area contributed by atoms with Crippen molar-refractivity contribution in [2.45, 2.75) is 59.0 Å². The maximum absolute atomic E-state index is 11.9. The van der Waals surface area contributed by atoms with Crippen molar-refractivity contribution >= 4 is 28.0 Å². The fraction of sp³-hybridized carbons (Fsp3) is 1.00. The summed E-state index contributed by atoms with van der Waals surface area (Å²) in [6.45, 7) is 6.27. The zero-order valence-electron chi connectivity index (χ0n) is 13.0. The molecule has 0 amide bonds. The molecule has 0 bridgehead atoms.